The highest BCUT2D eigenvalue weighted by Gasteiger charge is 2.33. The van der Waals surface area contributed by atoms with Gasteiger partial charge in [0, 0.05) is 11.4 Å². The van der Waals surface area contributed by atoms with Crippen molar-refractivity contribution in [3.63, 3.8) is 0 Å². The van der Waals surface area contributed by atoms with Crippen LogP contribution < -0.4 is 9.80 Å². The third kappa shape index (κ3) is 7.31. The second-order valence-corrected chi connectivity index (χ2v) is 10.5. The summed E-state index contributed by atoms with van der Waals surface area (Å²) in [7, 11) is 0. The number of carbonyl (C=O) groups excluding carboxylic acids is 4. The van der Waals surface area contributed by atoms with E-state index in [2.05, 4.69) is 0 Å². The van der Waals surface area contributed by atoms with Crippen LogP contribution in [0.3, 0.4) is 0 Å². The number of rotatable bonds is 12. The fourth-order valence-corrected chi connectivity index (χ4v) is 5.26. The van der Waals surface area contributed by atoms with Crippen LogP contribution in [0.5, 0.6) is 0 Å². The summed E-state index contributed by atoms with van der Waals surface area (Å²) in [6.45, 7) is 2.10. The molecule has 4 unspecified atom stereocenters. The van der Waals surface area contributed by atoms with Crippen LogP contribution in [0, 0.1) is 0 Å². The Morgan fingerprint density at radius 3 is 0.977 bits per heavy atom. The lowest BCUT2D eigenvalue weighted by molar-refractivity contribution is 0.113. The molecule has 0 bridgehead atoms. The van der Waals surface area contributed by atoms with Crippen LogP contribution in [0.25, 0.3) is 0 Å². The molecule has 0 N–H and O–H groups in total. The summed E-state index contributed by atoms with van der Waals surface area (Å²) in [6, 6.07) is 15.9. The van der Waals surface area contributed by atoms with E-state index in [9.17, 15) is 19.2 Å². The molecule has 0 radical (unpaired) electrons. The van der Waals surface area contributed by atoms with Crippen molar-refractivity contribution in [2.24, 2.45) is 0 Å². The van der Waals surface area contributed by atoms with Gasteiger partial charge in [-0.15, -0.1) is 0 Å². The molecule has 4 aliphatic rings. The molecule has 228 valence electrons. The van der Waals surface area contributed by atoms with Gasteiger partial charge in [-0.25, -0.2) is 19.2 Å². The van der Waals surface area contributed by atoms with Crippen LogP contribution in [0.15, 0.2) is 48.5 Å². The number of hydrogen-bond donors (Lipinski definition) is 0. The molecule has 0 spiro atoms. The van der Waals surface area contributed by atoms with Crippen LogP contribution >= 0.6 is 0 Å². The van der Waals surface area contributed by atoms with Gasteiger partial charge in [0.2, 0.25) is 0 Å². The summed E-state index contributed by atoms with van der Waals surface area (Å²) in [4.78, 5) is 49.6. The van der Waals surface area contributed by atoms with E-state index in [4.69, 9.17) is 37.9 Å². The Bertz CT molecular complexity index is 1180. The zero-order chi connectivity index (χ0) is 29.8. The summed E-state index contributed by atoms with van der Waals surface area (Å²) in [5.41, 5.74) is 3.89. The molecule has 0 saturated carbocycles. The molecule has 0 aliphatic carbocycles. The highest BCUT2D eigenvalue weighted by Crippen LogP contribution is 2.24. The van der Waals surface area contributed by atoms with E-state index >= 15 is 0 Å². The fraction of sp³-hybridized carbons (Fsp3) is 0.448. The molecule has 14 heteroatoms. The predicted octanol–water partition coefficient (Wildman–Crippen LogP) is 3.03. The second-order valence-electron chi connectivity index (χ2n) is 10.5. The Labute approximate surface area is 246 Å². The molecule has 4 saturated heterocycles. The maximum Gasteiger partial charge on any atom is 0.508 e. The minimum absolute atomic E-state index is 0.154. The number of anilines is 2. The Kier molecular flexibility index (Phi) is 8.24. The van der Waals surface area contributed by atoms with Crippen molar-refractivity contribution < 1.29 is 57.1 Å². The van der Waals surface area contributed by atoms with E-state index in [1.165, 1.54) is 0 Å². The summed E-state index contributed by atoms with van der Waals surface area (Å²) < 4.78 is 40.5. The summed E-state index contributed by atoms with van der Waals surface area (Å²) in [5.74, 6) is 0. The number of cyclic esters (lactones) is 8. The van der Waals surface area contributed by atoms with Crippen molar-refractivity contribution >= 4 is 36.0 Å². The van der Waals surface area contributed by atoms with Crippen LogP contribution in [-0.4, -0.2) is 102 Å². The topological polar surface area (TPSA) is 149 Å². The largest absolute Gasteiger partial charge is 0.508 e. The van der Waals surface area contributed by atoms with Crippen molar-refractivity contribution in [1.82, 2.24) is 0 Å². The number of carbonyl (C=O) groups is 4. The van der Waals surface area contributed by atoms with Gasteiger partial charge < -0.3 is 47.7 Å². The van der Waals surface area contributed by atoms with Gasteiger partial charge >= 0.3 is 24.6 Å². The molecular formula is C29H30N2O12. The first-order valence-electron chi connectivity index (χ1n) is 13.9. The Morgan fingerprint density at radius 1 is 0.465 bits per heavy atom. The van der Waals surface area contributed by atoms with Gasteiger partial charge in [0.05, 0.1) is 26.2 Å². The molecule has 6 rings (SSSR count). The fourth-order valence-electron chi connectivity index (χ4n) is 5.26. The molecule has 2 aromatic carbocycles. The maximum atomic E-state index is 11.4. The van der Waals surface area contributed by atoms with Crippen LogP contribution in [0.4, 0.5) is 30.6 Å². The van der Waals surface area contributed by atoms with Gasteiger partial charge in [0.1, 0.15) is 26.4 Å². The van der Waals surface area contributed by atoms with E-state index in [1.54, 1.807) is 0 Å². The zero-order valence-electron chi connectivity index (χ0n) is 23.1. The quantitative estimate of drug-likeness (QED) is 0.260. The monoisotopic (exact) mass is 598 g/mol. The first-order valence-corrected chi connectivity index (χ1v) is 13.9. The molecule has 4 fully saturated rings. The molecule has 4 aliphatic heterocycles. The van der Waals surface area contributed by atoms with Crippen molar-refractivity contribution in [2.75, 3.05) is 62.4 Å². The van der Waals surface area contributed by atoms with Crippen molar-refractivity contribution in [2.45, 2.75) is 30.8 Å². The molecule has 0 amide bonds. The predicted molar refractivity (Wildman–Crippen MR) is 145 cm³/mol. The van der Waals surface area contributed by atoms with Crippen LogP contribution in [0.1, 0.15) is 11.1 Å². The minimum Gasteiger partial charge on any atom is -0.430 e. The normalized spacial score (nSPS) is 24.2. The number of benzene rings is 2. The van der Waals surface area contributed by atoms with E-state index in [1.807, 2.05) is 58.3 Å². The lowest BCUT2D eigenvalue weighted by Crippen LogP contribution is -2.39. The van der Waals surface area contributed by atoms with Gasteiger partial charge in [-0.1, -0.05) is 24.3 Å². The highest BCUT2D eigenvalue weighted by atomic mass is 16.8. The Hall–Kier alpha value is -4.88. The summed E-state index contributed by atoms with van der Waals surface area (Å²) in [6.07, 6.45) is -3.88. The van der Waals surface area contributed by atoms with E-state index in [0.29, 0.717) is 32.6 Å². The molecular weight excluding hydrogens is 568 g/mol. The van der Waals surface area contributed by atoms with Crippen molar-refractivity contribution in [3.8, 4) is 0 Å². The molecule has 2 aromatic rings. The number of nitrogens with zero attached hydrogens (tertiary/aromatic N) is 2. The van der Waals surface area contributed by atoms with E-state index < -0.39 is 49.0 Å². The van der Waals surface area contributed by atoms with Gasteiger partial charge in [0.25, 0.3) is 0 Å². The first kappa shape index (κ1) is 28.2. The highest BCUT2D eigenvalue weighted by molar-refractivity contribution is 5.64. The average molecular weight is 599 g/mol. The summed E-state index contributed by atoms with van der Waals surface area (Å²) >= 11 is 0. The van der Waals surface area contributed by atoms with Gasteiger partial charge in [-0.2, -0.15) is 0 Å². The van der Waals surface area contributed by atoms with E-state index in [-0.39, 0.29) is 26.4 Å². The standard InChI is InChI=1S/C29H30N2O12/c32-26-36-14-22(40-26)10-30(11-23-15-37-27(33)41-23)20-5-1-18(2-6-20)9-19-3-7-21(8-4-19)31(12-24-16-38-28(34)42-24)13-25-17-39-29(35)43-25/h1-8,22-25H,9-17H2. The Morgan fingerprint density at radius 2 is 0.744 bits per heavy atom. The molecule has 4 atom stereocenters. The Balaban J connectivity index is 1.10. The molecule has 0 aromatic heterocycles. The minimum atomic E-state index is -0.697. The number of hydrogen-bond acceptors (Lipinski definition) is 14. The lowest BCUT2D eigenvalue weighted by Gasteiger charge is -2.28. The van der Waals surface area contributed by atoms with Gasteiger partial charge in [-0.3, -0.25) is 0 Å². The van der Waals surface area contributed by atoms with Crippen molar-refractivity contribution in [3.05, 3.63) is 59.7 Å². The number of ether oxygens (including phenoxy) is 8. The zero-order valence-corrected chi connectivity index (χ0v) is 23.1. The lowest BCUT2D eigenvalue weighted by atomic mass is 10.0. The average Bonchev–Trinajstić information content (AvgIpc) is 3.80. The molecule has 4 heterocycles. The SMILES string of the molecule is O=C1OCC(CN(CC2COC(=O)O2)c2ccc(Cc3ccc(N(CC4COC(=O)O4)CC4COC(=O)O4)cc3)cc2)O1. The van der Waals surface area contributed by atoms with Crippen LogP contribution in [0.2, 0.25) is 0 Å². The van der Waals surface area contributed by atoms with Gasteiger partial charge in [-0.05, 0) is 41.8 Å². The summed E-state index contributed by atoms with van der Waals surface area (Å²) in [5, 5.41) is 0. The van der Waals surface area contributed by atoms with Gasteiger partial charge in [0.15, 0.2) is 24.4 Å². The first-order chi connectivity index (χ1) is 20.9. The molecule has 43 heavy (non-hydrogen) atoms. The maximum absolute atomic E-state index is 11.4. The smallest absolute Gasteiger partial charge is 0.430 e. The third-order valence-electron chi connectivity index (χ3n) is 7.31. The third-order valence-corrected chi connectivity index (χ3v) is 7.31. The van der Waals surface area contributed by atoms with E-state index in [0.717, 1.165) is 22.5 Å². The molecule has 14 nitrogen and oxygen atoms in total. The van der Waals surface area contributed by atoms with Crippen LogP contribution in [-0.2, 0) is 44.3 Å². The second kappa shape index (κ2) is 12.5. The van der Waals surface area contributed by atoms with Crippen molar-refractivity contribution in [1.29, 1.82) is 0 Å².